The number of hydrogen-bond acceptors (Lipinski definition) is 1. The van der Waals surface area contributed by atoms with Gasteiger partial charge in [-0.3, -0.25) is 4.79 Å². The number of amides is 1. The lowest BCUT2D eigenvalue weighted by atomic mass is 10.1. The van der Waals surface area contributed by atoms with Gasteiger partial charge in [-0.15, -0.1) is 0 Å². The lowest BCUT2D eigenvalue weighted by Gasteiger charge is -2.29. The number of benzene rings is 2. The summed E-state index contributed by atoms with van der Waals surface area (Å²) < 4.78 is 15.6. The van der Waals surface area contributed by atoms with Crippen molar-refractivity contribution >= 4 is 16.8 Å². The first kappa shape index (κ1) is 13.1. The fourth-order valence-electron chi connectivity index (χ4n) is 3.14. The standard InChI is InChI=1S/C18H15FN2O/c19-15-6-3-5-14(10-15)18(22)20-8-9-21-16(12-20)11-13-4-1-2-7-17(13)21/h1-7,10-11H,8-9,12H2. The zero-order valence-corrected chi connectivity index (χ0v) is 12.0. The zero-order chi connectivity index (χ0) is 15.1. The molecule has 0 saturated carbocycles. The van der Waals surface area contributed by atoms with Crippen LogP contribution in [0.4, 0.5) is 4.39 Å². The van der Waals surface area contributed by atoms with Gasteiger partial charge in [0.1, 0.15) is 5.82 Å². The molecule has 0 saturated heterocycles. The molecule has 4 rings (SSSR count). The van der Waals surface area contributed by atoms with E-state index in [-0.39, 0.29) is 11.7 Å². The van der Waals surface area contributed by atoms with Gasteiger partial charge in [0.25, 0.3) is 5.91 Å². The van der Waals surface area contributed by atoms with Crippen LogP contribution in [0.1, 0.15) is 16.1 Å². The fraction of sp³-hybridized carbons (Fsp3) is 0.167. The Morgan fingerprint density at radius 1 is 1.00 bits per heavy atom. The molecule has 0 N–H and O–H groups in total. The Hall–Kier alpha value is -2.62. The van der Waals surface area contributed by atoms with E-state index in [9.17, 15) is 9.18 Å². The van der Waals surface area contributed by atoms with Gasteiger partial charge in [-0.1, -0.05) is 24.3 Å². The van der Waals surface area contributed by atoms with Gasteiger partial charge < -0.3 is 9.47 Å². The molecule has 0 aliphatic carbocycles. The summed E-state index contributed by atoms with van der Waals surface area (Å²) in [6.45, 7) is 1.97. The zero-order valence-electron chi connectivity index (χ0n) is 12.0. The first-order valence-corrected chi connectivity index (χ1v) is 7.34. The Kier molecular flexibility index (Phi) is 2.96. The van der Waals surface area contributed by atoms with Gasteiger partial charge in [-0.05, 0) is 35.7 Å². The van der Waals surface area contributed by atoms with E-state index >= 15 is 0 Å². The Labute approximate surface area is 127 Å². The molecule has 2 aromatic carbocycles. The van der Waals surface area contributed by atoms with E-state index in [1.165, 1.54) is 23.0 Å². The summed E-state index contributed by atoms with van der Waals surface area (Å²) in [6.07, 6.45) is 0. The number of hydrogen-bond donors (Lipinski definition) is 0. The third-order valence-electron chi connectivity index (χ3n) is 4.20. The van der Waals surface area contributed by atoms with Crippen LogP contribution in [0.25, 0.3) is 10.9 Å². The van der Waals surface area contributed by atoms with Gasteiger partial charge >= 0.3 is 0 Å². The molecule has 4 heteroatoms. The normalized spacial score (nSPS) is 14.1. The minimum atomic E-state index is -0.378. The van der Waals surface area contributed by atoms with Crippen molar-refractivity contribution in [3.8, 4) is 0 Å². The van der Waals surface area contributed by atoms with E-state index in [2.05, 4.69) is 22.8 Å². The van der Waals surface area contributed by atoms with Crippen molar-refractivity contribution in [2.24, 2.45) is 0 Å². The minimum absolute atomic E-state index is 0.115. The van der Waals surface area contributed by atoms with Crippen LogP contribution in [0, 0.1) is 5.82 Å². The predicted octanol–water partition coefficient (Wildman–Crippen LogP) is 3.44. The molecule has 0 spiro atoms. The molecule has 1 aliphatic rings. The number of rotatable bonds is 1. The third-order valence-corrected chi connectivity index (χ3v) is 4.20. The van der Waals surface area contributed by atoms with E-state index in [0.29, 0.717) is 18.7 Å². The van der Waals surface area contributed by atoms with Crippen molar-refractivity contribution in [1.29, 1.82) is 0 Å². The topological polar surface area (TPSA) is 25.2 Å². The highest BCUT2D eigenvalue weighted by molar-refractivity contribution is 5.94. The van der Waals surface area contributed by atoms with Crippen LogP contribution in [0.3, 0.4) is 0 Å². The van der Waals surface area contributed by atoms with Gasteiger partial charge in [0.15, 0.2) is 0 Å². The van der Waals surface area contributed by atoms with E-state index in [1.54, 1.807) is 17.0 Å². The summed E-state index contributed by atoms with van der Waals surface area (Å²) in [5.41, 5.74) is 2.73. The molecule has 3 aromatic rings. The number of halogens is 1. The van der Waals surface area contributed by atoms with Crippen molar-refractivity contribution in [3.05, 3.63) is 71.7 Å². The fourth-order valence-corrected chi connectivity index (χ4v) is 3.14. The lowest BCUT2D eigenvalue weighted by molar-refractivity contribution is 0.0712. The second kappa shape index (κ2) is 4.98. The van der Waals surface area contributed by atoms with Crippen LogP contribution in [0.15, 0.2) is 54.6 Å². The molecule has 0 fully saturated rings. The number of aromatic nitrogens is 1. The lowest BCUT2D eigenvalue weighted by Crippen LogP contribution is -2.38. The van der Waals surface area contributed by atoms with Crippen molar-refractivity contribution < 1.29 is 9.18 Å². The third kappa shape index (κ3) is 2.08. The summed E-state index contributed by atoms with van der Waals surface area (Å²) in [6, 6.07) is 16.2. The second-order valence-corrected chi connectivity index (χ2v) is 5.58. The van der Waals surface area contributed by atoms with E-state index < -0.39 is 0 Å². The number of carbonyl (C=O) groups excluding carboxylic acids is 1. The number of fused-ring (bicyclic) bond motifs is 3. The van der Waals surface area contributed by atoms with Gasteiger partial charge in [0.2, 0.25) is 0 Å². The van der Waals surface area contributed by atoms with E-state index in [4.69, 9.17) is 0 Å². The monoisotopic (exact) mass is 294 g/mol. The van der Waals surface area contributed by atoms with Crippen LogP contribution in [0.2, 0.25) is 0 Å². The van der Waals surface area contributed by atoms with Crippen LogP contribution in [0.5, 0.6) is 0 Å². The first-order chi connectivity index (χ1) is 10.7. The smallest absolute Gasteiger partial charge is 0.254 e. The number of nitrogens with zero attached hydrogens (tertiary/aromatic N) is 2. The summed E-state index contributed by atoms with van der Waals surface area (Å²) in [4.78, 5) is 14.3. The maximum Gasteiger partial charge on any atom is 0.254 e. The Morgan fingerprint density at radius 3 is 2.73 bits per heavy atom. The van der Waals surface area contributed by atoms with Crippen LogP contribution >= 0.6 is 0 Å². The molecule has 0 radical (unpaired) electrons. The van der Waals surface area contributed by atoms with E-state index in [0.717, 1.165) is 12.2 Å². The highest BCUT2D eigenvalue weighted by Crippen LogP contribution is 2.24. The number of para-hydroxylation sites is 1. The molecule has 0 bridgehead atoms. The number of carbonyl (C=O) groups is 1. The molecule has 1 aliphatic heterocycles. The van der Waals surface area contributed by atoms with Gasteiger partial charge in [0, 0.05) is 29.9 Å². The van der Waals surface area contributed by atoms with Crippen LogP contribution in [-0.2, 0) is 13.1 Å². The van der Waals surface area contributed by atoms with Crippen molar-refractivity contribution in [2.75, 3.05) is 6.54 Å². The molecule has 110 valence electrons. The SMILES string of the molecule is O=C(c1cccc(F)c1)N1CCn2c(cc3ccccc32)C1. The second-order valence-electron chi connectivity index (χ2n) is 5.58. The molecule has 1 aromatic heterocycles. The molecular weight excluding hydrogens is 279 g/mol. The van der Waals surface area contributed by atoms with Crippen LogP contribution in [-0.4, -0.2) is 21.9 Å². The first-order valence-electron chi connectivity index (χ1n) is 7.34. The Balaban J connectivity index is 1.65. The maximum atomic E-state index is 13.3. The van der Waals surface area contributed by atoms with Crippen molar-refractivity contribution in [2.45, 2.75) is 13.1 Å². The molecular formula is C18H15FN2O. The van der Waals surface area contributed by atoms with Crippen LogP contribution < -0.4 is 0 Å². The maximum absolute atomic E-state index is 13.3. The molecule has 0 unspecified atom stereocenters. The van der Waals surface area contributed by atoms with Gasteiger partial charge in [-0.25, -0.2) is 4.39 Å². The van der Waals surface area contributed by atoms with Crippen molar-refractivity contribution in [1.82, 2.24) is 9.47 Å². The van der Waals surface area contributed by atoms with Crippen molar-refractivity contribution in [3.63, 3.8) is 0 Å². The molecule has 1 amide bonds. The minimum Gasteiger partial charge on any atom is -0.341 e. The molecule has 2 heterocycles. The average Bonchev–Trinajstić information content (AvgIpc) is 2.91. The molecule has 22 heavy (non-hydrogen) atoms. The quantitative estimate of drug-likeness (QED) is 0.675. The Morgan fingerprint density at radius 2 is 1.86 bits per heavy atom. The summed E-state index contributed by atoms with van der Waals surface area (Å²) in [5.74, 6) is -0.493. The summed E-state index contributed by atoms with van der Waals surface area (Å²) in [5, 5.41) is 1.19. The molecule has 3 nitrogen and oxygen atoms in total. The predicted molar refractivity (Wildman–Crippen MR) is 83.1 cm³/mol. The molecule has 0 atom stereocenters. The largest absolute Gasteiger partial charge is 0.341 e. The van der Waals surface area contributed by atoms with E-state index in [1.807, 2.05) is 12.1 Å². The van der Waals surface area contributed by atoms with Gasteiger partial charge in [0.05, 0.1) is 6.54 Å². The summed E-state index contributed by atoms with van der Waals surface area (Å²) in [7, 11) is 0. The average molecular weight is 294 g/mol. The highest BCUT2D eigenvalue weighted by Gasteiger charge is 2.23. The summed E-state index contributed by atoms with van der Waals surface area (Å²) >= 11 is 0. The highest BCUT2D eigenvalue weighted by atomic mass is 19.1. The Bertz CT molecular complexity index is 868. The van der Waals surface area contributed by atoms with Gasteiger partial charge in [-0.2, -0.15) is 0 Å².